The highest BCUT2D eigenvalue weighted by atomic mass is 127. The smallest absolute Gasteiger partial charge is 0.0760 e. The number of hydrogen-bond donors (Lipinski definition) is 0. The zero-order valence-electron chi connectivity index (χ0n) is 8.27. The Morgan fingerprint density at radius 2 is 2.08 bits per heavy atom. The Labute approximate surface area is 89.7 Å². The van der Waals surface area contributed by atoms with Gasteiger partial charge in [0, 0.05) is 0 Å². The molecule has 0 saturated heterocycles. The van der Waals surface area contributed by atoms with E-state index in [1.165, 1.54) is 10.8 Å². The van der Waals surface area contributed by atoms with Gasteiger partial charge in [0.05, 0.1) is 11.7 Å². The minimum absolute atomic E-state index is 0.0515. The Kier molecular flexibility index (Phi) is 6.19. The standard InChI is InChI=1S/C10H19IO/c1-5-9(7-6-8-11)12-10(2,3)4/h5,9H,1,6-8H2,2-4H3. The lowest BCUT2D eigenvalue weighted by atomic mass is 10.1. The minimum atomic E-state index is -0.0515. The van der Waals surface area contributed by atoms with Crippen LogP contribution in [0.15, 0.2) is 12.7 Å². The maximum Gasteiger partial charge on any atom is 0.0760 e. The highest BCUT2D eigenvalue weighted by Crippen LogP contribution is 2.15. The summed E-state index contributed by atoms with van der Waals surface area (Å²) in [5.41, 5.74) is -0.0515. The quantitative estimate of drug-likeness (QED) is 0.425. The fraction of sp³-hybridized carbons (Fsp3) is 0.800. The van der Waals surface area contributed by atoms with Crippen molar-refractivity contribution in [2.75, 3.05) is 4.43 Å². The van der Waals surface area contributed by atoms with Crippen LogP contribution in [0.2, 0.25) is 0 Å². The summed E-state index contributed by atoms with van der Waals surface area (Å²) in [4.78, 5) is 0. The zero-order chi connectivity index (χ0) is 9.61. The molecule has 0 amide bonds. The first kappa shape index (κ1) is 12.4. The van der Waals surface area contributed by atoms with Crippen molar-refractivity contribution in [2.45, 2.75) is 45.3 Å². The second-order valence-corrected chi connectivity index (χ2v) is 4.91. The van der Waals surface area contributed by atoms with Gasteiger partial charge in [-0.3, -0.25) is 0 Å². The number of rotatable bonds is 5. The summed E-state index contributed by atoms with van der Waals surface area (Å²) in [7, 11) is 0. The van der Waals surface area contributed by atoms with Gasteiger partial charge < -0.3 is 4.74 Å². The maximum atomic E-state index is 5.77. The van der Waals surface area contributed by atoms with Crippen LogP contribution in [0.1, 0.15) is 33.6 Å². The summed E-state index contributed by atoms with van der Waals surface area (Å²) in [6, 6.07) is 0. The molecule has 0 bridgehead atoms. The van der Waals surface area contributed by atoms with E-state index in [1.807, 2.05) is 6.08 Å². The average Bonchev–Trinajstić information content (AvgIpc) is 1.95. The summed E-state index contributed by atoms with van der Waals surface area (Å²) in [5.74, 6) is 0. The van der Waals surface area contributed by atoms with Crippen molar-refractivity contribution in [3.8, 4) is 0 Å². The molecule has 0 saturated carbocycles. The molecule has 0 aromatic rings. The van der Waals surface area contributed by atoms with Gasteiger partial charge in [0.2, 0.25) is 0 Å². The van der Waals surface area contributed by atoms with Crippen LogP contribution in [-0.2, 0) is 4.74 Å². The number of alkyl halides is 1. The lowest BCUT2D eigenvalue weighted by Crippen LogP contribution is -2.26. The van der Waals surface area contributed by atoms with Crippen LogP contribution in [0.25, 0.3) is 0 Å². The van der Waals surface area contributed by atoms with Crippen LogP contribution in [0.5, 0.6) is 0 Å². The number of ether oxygens (including phenoxy) is 1. The summed E-state index contributed by atoms with van der Waals surface area (Å²) >= 11 is 2.38. The van der Waals surface area contributed by atoms with E-state index in [9.17, 15) is 0 Å². The first-order chi connectivity index (χ1) is 5.49. The van der Waals surface area contributed by atoms with E-state index in [2.05, 4.69) is 49.9 Å². The molecule has 1 unspecified atom stereocenters. The monoisotopic (exact) mass is 282 g/mol. The molecule has 0 rings (SSSR count). The van der Waals surface area contributed by atoms with Crippen molar-refractivity contribution < 1.29 is 4.74 Å². The van der Waals surface area contributed by atoms with Crippen LogP contribution in [-0.4, -0.2) is 16.1 Å². The first-order valence-corrected chi connectivity index (χ1v) is 5.88. The Morgan fingerprint density at radius 3 is 2.42 bits per heavy atom. The van der Waals surface area contributed by atoms with Crippen LogP contribution < -0.4 is 0 Å². The highest BCUT2D eigenvalue weighted by molar-refractivity contribution is 14.1. The number of hydrogen-bond acceptors (Lipinski definition) is 1. The van der Waals surface area contributed by atoms with Crippen molar-refractivity contribution in [3.63, 3.8) is 0 Å². The van der Waals surface area contributed by atoms with Gasteiger partial charge in [0.1, 0.15) is 0 Å². The topological polar surface area (TPSA) is 9.23 Å². The molecule has 0 fully saturated rings. The molecular weight excluding hydrogens is 263 g/mol. The van der Waals surface area contributed by atoms with E-state index < -0.39 is 0 Å². The Balaban J connectivity index is 3.75. The molecule has 0 aliphatic carbocycles. The molecule has 1 atom stereocenters. The average molecular weight is 282 g/mol. The molecule has 0 aliphatic heterocycles. The minimum Gasteiger partial charge on any atom is -0.369 e. The second-order valence-electron chi connectivity index (χ2n) is 3.84. The van der Waals surface area contributed by atoms with E-state index in [1.54, 1.807) is 0 Å². The van der Waals surface area contributed by atoms with Crippen molar-refractivity contribution >= 4 is 22.6 Å². The van der Waals surface area contributed by atoms with Gasteiger partial charge in [-0.1, -0.05) is 28.7 Å². The molecule has 12 heavy (non-hydrogen) atoms. The van der Waals surface area contributed by atoms with E-state index in [4.69, 9.17) is 4.74 Å². The van der Waals surface area contributed by atoms with Gasteiger partial charge >= 0.3 is 0 Å². The molecule has 1 nitrogen and oxygen atoms in total. The van der Waals surface area contributed by atoms with Crippen LogP contribution in [0, 0.1) is 0 Å². The molecule has 0 radical (unpaired) electrons. The molecular formula is C10H19IO. The highest BCUT2D eigenvalue weighted by Gasteiger charge is 2.15. The van der Waals surface area contributed by atoms with Gasteiger partial charge in [-0.2, -0.15) is 0 Å². The maximum absolute atomic E-state index is 5.77. The Bertz CT molecular complexity index is 126. The predicted molar refractivity (Wildman–Crippen MR) is 62.9 cm³/mol. The van der Waals surface area contributed by atoms with Gasteiger partial charge in [-0.05, 0) is 38.0 Å². The summed E-state index contributed by atoms with van der Waals surface area (Å²) < 4.78 is 6.96. The fourth-order valence-corrected chi connectivity index (χ4v) is 1.40. The third-order valence-corrected chi connectivity index (χ3v) is 2.15. The molecule has 0 aromatic carbocycles. The Hall–Kier alpha value is 0.430. The van der Waals surface area contributed by atoms with Gasteiger partial charge in [-0.25, -0.2) is 0 Å². The SMILES string of the molecule is C=CC(CCCI)OC(C)(C)C. The summed E-state index contributed by atoms with van der Waals surface area (Å²) in [5, 5.41) is 0. The number of halogens is 1. The third-order valence-electron chi connectivity index (χ3n) is 1.39. The molecule has 0 aliphatic rings. The van der Waals surface area contributed by atoms with E-state index >= 15 is 0 Å². The van der Waals surface area contributed by atoms with Gasteiger partial charge in [-0.15, -0.1) is 6.58 Å². The van der Waals surface area contributed by atoms with Gasteiger partial charge in [0.25, 0.3) is 0 Å². The summed E-state index contributed by atoms with van der Waals surface area (Å²) in [6.45, 7) is 10.0. The second kappa shape index (κ2) is 5.97. The summed E-state index contributed by atoms with van der Waals surface area (Å²) in [6.07, 6.45) is 4.41. The fourth-order valence-electron chi connectivity index (χ4n) is 0.957. The van der Waals surface area contributed by atoms with Crippen LogP contribution in [0.4, 0.5) is 0 Å². The van der Waals surface area contributed by atoms with Crippen LogP contribution >= 0.6 is 22.6 Å². The molecule has 0 N–H and O–H groups in total. The lowest BCUT2D eigenvalue weighted by molar-refractivity contribution is -0.0407. The lowest BCUT2D eigenvalue weighted by Gasteiger charge is -2.25. The largest absolute Gasteiger partial charge is 0.369 e. The predicted octanol–water partition coefficient (Wildman–Crippen LogP) is 3.57. The first-order valence-electron chi connectivity index (χ1n) is 4.36. The van der Waals surface area contributed by atoms with E-state index in [-0.39, 0.29) is 11.7 Å². The molecule has 72 valence electrons. The molecule has 0 aromatic heterocycles. The zero-order valence-corrected chi connectivity index (χ0v) is 10.4. The van der Waals surface area contributed by atoms with Crippen molar-refractivity contribution in [3.05, 3.63) is 12.7 Å². The van der Waals surface area contributed by atoms with Gasteiger partial charge in [0.15, 0.2) is 0 Å². The normalized spacial score (nSPS) is 14.3. The molecule has 0 spiro atoms. The van der Waals surface area contributed by atoms with E-state index in [0.717, 1.165) is 6.42 Å². The third kappa shape index (κ3) is 7.10. The molecule has 0 heterocycles. The molecule has 2 heteroatoms. The van der Waals surface area contributed by atoms with Crippen molar-refractivity contribution in [1.29, 1.82) is 0 Å². The van der Waals surface area contributed by atoms with E-state index in [0.29, 0.717) is 0 Å². The van der Waals surface area contributed by atoms with Crippen molar-refractivity contribution in [1.82, 2.24) is 0 Å². The van der Waals surface area contributed by atoms with Crippen LogP contribution in [0.3, 0.4) is 0 Å². The van der Waals surface area contributed by atoms with Crippen molar-refractivity contribution in [2.24, 2.45) is 0 Å². The Morgan fingerprint density at radius 1 is 1.50 bits per heavy atom.